The molecule has 0 amide bonds. The molecule has 1 aliphatic heterocycles. The number of esters is 1. The Hall–Kier alpha value is -3.30. The summed E-state index contributed by atoms with van der Waals surface area (Å²) in [7, 11) is 1.26. The van der Waals surface area contributed by atoms with Crippen LogP contribution in [0.5, 0.6) is 0 Å². The van der Waals surface area contributed by atoms with Crippen molar-refractivity contribution >= 4 is 34.5 Å². The Labute approximate surface area is 161 Å². The zero-order valence-corrected chi connectivity index (χ0v) is 15.6. The van der Waals surface area contributed by atoms with E-state index in [9.17, 15) is 9.90 Å². The SMILES string of the molecule is COC(=O)C1=C(O)/C(=C\c2cccc(C#N)c2)SC1=Nc1cccc(C)c1. The first-order valence-corrected chi connectivity index (χ1v) is 8.91. The molecule has 27 heavy (non-hydrogen) atoms. The third kappa shape index (κ3) is 4.10. The Kier molecular flexibility index (Phi) is 5.43. The largest absolute Gasteiger partial charge is 0.506 e. The Morgan fingerprint density at radius 2 is 2.04 bits per heavy atom. The summed E-state index contributed by atoms with van der Waals surface area (Å²) in [5.74, 6) is -0.832. The van der Waals surface area contributed by atoms with Crippen molar-refractivity contribution in [2.24, 2.45) is 4.99 Å². The molecule has 3 rings (SSSR count). The van der Waals surface area contributed by atoms with Crippen LogP contribution in [-0.4, -0.2) is 23.2 Å². The first-order valence-electron chi connectivity index (χ1n) is 8.09. The number of nitrogens with zero attached hydrogens (tertiary/aromatic N) is 2. The monoisotopic (exact) mass is 376 g/mol. The minimum atomic E-state index is -0.652. The molecule has 134 valence electrons. The minimum absolute atomic E-state index is 0.0340. The van der Waals surface area contributed by atoms with Crippen LogP contribution in [0.1, 0.15) is 16.7 Å². The van der Waals surface area contributed by atoms with E-state index in [2.05, 4.69) is 11.1 Å². The van der Waals surface area contributed by atoms with Crippen molar-refractivity contribution in [3.05, 3.63) is 81.5 Å². The molecule has 2 aromatic carbocycles. The standard InChI is InChI=1S/C21H16N2O3S/c1-13-5-3-8-16(9-13)23-20-18(21(25)26-2)19(24)17(27-20)11-14-6-4-7-15(10-14)12-22/h3-11,24H,1-2H3/b17-11+,23-20?. The number of carbonyl (C=O) groups is 1. The van der Waals surface area contributed by atoms with Gasteiger partial charge >= 0.3 is 5.97 Å². The topological polar surface area (TPSA) is 82.7 Å². The van der Waals surface area contributed by atoms with E-state index in [4.69, 9.17) is 10.00 Å². The molecular formula is C21H16N2O3S. The Morgan fingerprint density at radius 1 is 1.26 bits per heavy atom. The summed E-state index contributed by atoms with van der Waals surface area (Å²) in [6, 6.07) is 16.6. The molecule has 0 saturated heterocycles. The lowest BCUT2D eigenvalue weighted by molar-refractivity contribution is -0.135. The molecule has 0 spiro atoms. The molecule has 1 aliphatic rings. The minimum Gasteiger partial charge on any atom is -0.506 e. The smallest absolute Gasteiger partial charge is 0.344 e. The second-order valence-corrected chi connectivity index (χ2v) is 6.85. The van der Waals surface area contributed by atoms with E-state index in [0.717, 1.165) is 11.1 Å². The van der Waals surface area contributed by atoms with Crippen LogP contribution in [0.25, 0.3) is 6.08 Å². The number of methoxy groups -OCH3 is 1. The number of aliphatic hydroxyl groups excluding tert-OH is 1. The molecule has 0 aromatic heterocycles. The highest BCUT2D eigenvalue weighted by atomic mass is 32.2. The molecule has 5 nitrogen and oxygen atoms in total. The normalized spacial score (nSPS) is 16.6. The summed E-state index contributed by atoms with van der Waals surface area (Å²) in [4.78, 5) is 17.2. The van der Waals surface area contributed by atoms with Gasteiger partial charge in [-0.25, -0.2) is 9.79 Å². The van der Waals surface area contributed by atoms with Gasteiger partial charge in [0.15, 0.2) is 0 Å². The van der Waals surface area contributed by atoms with Gasteiger partial charge in [0.05, 0.1) is 29.3 Å². The summed E-state index contributed by atoms with van der Waals surface area (Å²) < 4.78 is 4.81. The van der Waals surface area contributed by atoms with Gasteiger partial charge < -0.3 is 9.84 Å². The Balaban J connectivity index is 2.06. The fourth-order valence-corrected chi connectivity index (χ4v) is 3.59. The molecule has 0 aliphatic carbocycles. The number of aliphatic imine (C=N–C) groups is 1. The number of aryl methyl sites for hydroxylation is 1. The number of ether oxygens (including phenoxy) is 1. The molecule has 0 atom stereocenters. The number of benzene rings is 2. The first-order chi connectivity index (χ1) is 13.0. The van der Waals surface area contributed by atoms with Crippen LogP contribution >= 0.6 is 11.8 Å². The summed E-state index contributed by atoms with van der Waals surface area (Å²) in [6.45, 7) is 1.95. The van der Waals surface area contributed by atoms with Gasteiger partial charge in [-0.3, -0.25) is 0 Å². The van der Waals surface area contributed by atoms with Crippen LogP contribution in [0.3, 0.4) is 0 Å². The summed E-state index contributed by atoms with van der Waals surface area (Å²) in [6.07, 6.45) is 1.71. The van der Waals surface area contributed by atoms with Gasteiger partial charge in [0.25, 0.3) is 0 Å². The summed E-state index contributed by atoms with van der Waals surface area (Å²) in [5, 5.41) is 20.0. The van der Waals surface area contributed by atoms with Gasteiger partial charge in [-0.1, -0.05) is 36.0 Å². The van der Waals surface area contributed by atoms with Gasteiger partial charge in [0.1, 0.15) is 16.4 Å². The lowest BCUT2D eigenvalue weighted by Gasteiger charge is -2.02. The molecule has 0 fully saturated rings. The highest BCUT2D eigenvalue weighted by molar-refractivity contribution is 8.18. The number of hydrogen-bond donors (Lipinski definition) is 1. The molecule has 1 N–H and O–H groups in total. The van der Waals surface area contributed by atoms with E-state index in [1.165, 1.54) is 18.9 Å². The lowest BCUT2D eigenvalue weighted by atomic mass is 10.1. The molecule has 0 unspecified atom stereocenters. The first kappa shape index (κ1) is 18.5. The average Bonchev–Trinajstić information content (AvgIpc) is 2.96. The number of rotatable bonds is 3. The molecule has 0 radical (unpaired) electrons. The van der Waals surface area contributed by atoms with Gasteiger partial charge in [0.2, 0.25) is 0 Å². The molecule has 0 saturated carbocycles. The number of nitriles is 1. The van der Waals surface area contributed by atoms with Crippen molar-refractivity contribution in [2.45, 2.75) is 6.92 Å². The van der Waals surface area contributed by atoms with Crippen LogP contribution in [0.2, 0.25) is 0 Å². The number of thioether (sulfide) groups is 1. The maximum atomic E-state index is 12.2. The molecule has 1 heterocycles. The maximum absolute atomic E-state index is 12.2. The molecule has 0 bridgehead atoms. The zero-order valence-electron chi connectivity index (χ0n) is 14.8. The van der Waals surface area contributed by atoms with Crippen LogP contribution in [0.4, 0.5) is 5.69 Å². The second kappa shape index (κ2) is 7.94. The van der Waals surface area contributed by atoms with Crippen molar-refractivity contribution < 1.29 is 14.6 Å². The van der Waals surface area contributed by atoms with Crippen LogP contribution < -0.4 is 0 Å². The van der Waals surface area contributed by atoms with Crippen molar-refractivity contribution in [3.8, 4) is 6.07 Å². The van der Waals surface area contributed by atoms with Crippen molar-refractivity contribution in [3.63, 3.8) is 0 Å². The predicted molar refractivity (Wildman–Crippen MR) is 107 cm³/mol. The fourth-order valence-electron chi connectivity index (χ4n) is 2.55. The van der Waals surface area contributed by atoms with E-state index in [0.29, 0.717) is 21.2 Å². The van der Waals surface area contributed by atoms with E-state index in [1.807, 2.05) is 37.3 Å². The maximum Gasteiger partial charge on any atom is 0.344 e. The zero-order chi connectivity index (χ0) is 19.4. The summed E-state index contributed by atoms with van der Waals surface area (Å²) >= 11 is 1.18. The third-order valence-electron chi connectivity index (χ3n) is 3.83. The number of aliphatic hydroxyl groups is 1. The molecule has 6 heteroatoms. The Morgan fingerprint density at radius 3 is 2.74 bits per heavy atom. The van der Waals surface area contributed by atoms with E-state index in [1.54, 1.807) is 24.3 Å². The Bertz CT molecular complexity index is 1050. The van der Waals surface area contributed by atoms with Gasteiger partial charge in [-0.05, 0) is 48.4 Å². The van der Waals surface area contributed by atoms with Crippen molar-refractivity contribution in [1.29, 1.82) is 5.26 Å². The van der Waals surface area contributed by atoms with Crippen molar-refractivity contribution in [2.75, 3.05) is 7.11 Å². The fraction of sp³-hybridized carbons (Fsp3) is 0.0952. The van der Waals surface area contributed by atoms with E-state index < -0.39 is 5.97 Å². The highest BCUT2D eigenvalue weighted by Crippen LogP contribution is 2.40. The number of hydrogen-bond acceptors (Lipinski definition) is 6. The van der Waals surface area contributed by atoms with Gasteiger partial charge in [-0.2, -0.15) is 5.26 Å². The predicted octanol–water partition coefficient (Wildman–Crippen LogP) is 4.67. The van der Waals surface area contributed by atoms with Crippen LogP contribution in [0, 0.1) is 18.3 Å². The van der Waals surface area contributed by atoms with Crippen LogP contribution in [-0.2, 0) is 9.53 Å². The summed E-state index contributed by atoms with van der Waals surface area (Å²) in [5.41, 5.74) is 3.00. The molecular weight excluding hydrogens is 360 g/mol. The quantitative estimate of drug-likeness (QED) is 0.787. The average molecular weight is 376 g/mol. The highest BCUT2D eigenvalue weighted by Gasteiger charge is 2.32. The number of carbonyl (C=O) groups excluding carboxylic acids is 1. The lowest BCUT2D eigenvalue weighted by Crippen LogP contribution is -2.10. The third-order valence-corrected chi connectivity index (χ3v) is 4.85. The van der Waals surface area contributed by atoms with Gasteiger partial charge in [-0.15, -0.1) is 0 Å². The van der Waals surface area contributed by atoms with Gasteiger partial charge in [0, 0.05) is 0 Å². The van der Waals surface area contributed by atoms with E-state index in [-0.39, 0.29) is 11.3 Å². The van der Waals surface area contributed by atoms with Crippen molar-refractivity contribution in [1.82, 2.24) is 0 Å². The molecule has 2 aromatic rings. The van der Waals surface area contributed by atoms with E-state index >= 15 is 0 Å². The second-order valence-electron chi connectivity index (χ2n) is 5.82. The van der Waals surface area contributed by atoms with Crippen LogP contribution in [0.15, 0.2) is 69.8 Å².